The van der Waals surface area contributed by atoms with Gasteiger partial charge in [0.2, 0.25) is 5.91 Å². The molecule has 1 saturated heterocycles. The number of hydrogen-bond donors (Lipinski definition) is 1. The van der Waals surface area contributed by atoms with Crippen molar-refractivity contribution in [2.75, 3.05) is 31.6 Å². The van der Waals surface area contributed by atoms with E-state index in [2.05, 4.69) is 5.32 Å². The van der Waals surface area contributed by atoms with Crippen LogP contribution in [0.5, 0.6) is 0 Å². The summed E-state index contributed by atoms with van der Waals surface area (Å²) in [6.07, 6.45) is 0. The van der Waals surface area contributed by atoms with Crippen molar-refractivity contribution in [1.82, 2.24) is 10.2 Å². The highest BCUT2D eigenvalue weighted by atomic mass is 32.2. The Hall–Kier alpha value is -0.220. The highest BCUT2D eigenvalue weighted by Gasteiger charge is 2.18. The third-order valence-electron chi connectivity index (χ3n) is 2.61. The maximum absolute atomic E-state index is 11.6. The van der Waals surface area contributed by atoms with E-state index >= 15 is 0 Å². The summed E-state index contributed by atoms with van der Waals surface area (Å²) < 4.78 is 0. The van der Waals surface area contributed by atoms with Gasteiger partial charge in [-0.3, -0.25) is 4.79 Å². The largest absolute Gasteiger partial charge is 0.343 e. The Kier molecular flexibility index (Phi) is 4.75. The Bertz CT molecular complexity index is 193. The van der Waals surface area contributed by atoms with Crippen LogP contribution in [0.15, 0.2) is 0 Å². The fourth-order valence-corrected chi connectivity index (χ4v) is 2.23. The van der Waals surface area contributed by atoms with Crippen molar-refractivity contribution < 1.29 is 4.79 Å². The standard InChI is InChI=1S/C10H20N2OS/c1-8(2)12(3)10(13)7-14-6-9-4-11-5-9/h8-9,11H,4-7H2,1-3H3. The van der Waals surface area contributed by atoms with E-state index in [1.807, 2.05) is 25.8 Å². The second-order valence-electron chi connectivity index (χ2n) is 4.14. The molecule has 1 amide bonds. The Morgan fingerprint density at radius 1 is 1.57 bits per heavy atom. The van der Waals surface area contributed by atoms with E-state index in [0.29, 0.717) is 11.8 Å². The zero-order chi connectivity index (χ0) is 10.6. The minimum Gasteiger partial charge on any atom is -0.343 e. The molecule has 0 radical (unpaired) electrons. The molecule has 3 nitrogen and oxygen atoms in total. The summed E-state index contributed by atoms with van der Waals surface area (Å²) in [6, 6.07) is 0.313. The predicted octanol–water partition coefficient (Wildman–Crippen LogP) is 0.806. The molecule has 0 aromatic carbocycles. The van der Waals surface area contributed by atoms with Gasteiger partial charge in [-0.05, 0) is 38.6 Å². The fourth-order valence-electron chi connectivity index (χ4n) is 1.17. The highest BCUT2D eigenvalue weighted by molar-refractivity contribution is 7.99. The van der Waals surface area contributed by atoms with E-state index in [1.54, 1.807) is 11.8 Å². The second-order valence-corrected chi connectivity index (χ2v) is 5.17. The van der Waals surface area contributed by atoms with Crippen LogP contribution in [0.3, 0.4) is 0 Å². The smallest absolute Gasteiger partial charge is 0.232 e. The van der Waals surface area contributed by atoms with E-state index in [9.17, 15) is 4.79 Å². The lowest BCUT2D eigenvalue weighted by atomic mass is 10.1. The van der Waals surface area contributed by atoms with Crippen LogP contribution in [0.25, 0.3) is 0 Å². The van der Waals surface area contributed by atoms with Crippen molar-refractivity contribution in [3.05, 3.63) is 0 Å². The number of nitrogens with zero attached hydrogens (tertiary/aromatic N) is 1. The van der Waals surface area contributed by atoms with Crippen molar-refractivity contribution in [3.63, 3.8) is 0 Å². The summed E-state index contributed by atoms with van der Waals surface area (Å²) in [5.41, 5.74) is 0. The molecule has 1 heterocycles. The third kappa shape index (κ3) is 3.50. The average Bonchev–Trinajstić information content (AvgIpc) is 2.07. The van der Waals surface area contributed by atoms with Gasteiger partial charge in [-0.25, -0.2) is 0 Å². The van der Waals surface area contributed by atoms with Crippen LogP contribution in [0.4, 0.5) is 0 Å². The normalized spacial score (nSPS) is 16.9. The fraction of sp³-hybridized carbons (Fsp3) is 0.900. The molecule has 0 aromatic rings. The molecule has 1 fully saturated rings. The van der Waals surface area contributed by atoms with Gasteiger partial charge < -0.3 is 10.2 Å². The molecule has 4 heteroatoms. The summed E-state index contributed by atoms with van der Waals surface area (Å²) in [5, 5.41) is 3.23. The van der Waals surface area contributed by atoms with Crippen molar-refractivity contribution in [1.29, 1.82) is 0 Å². The van der Waals surface area contributed by atoms with Gasteiger partial charge in [0, 0.05) is 13.1 Å². The monoisotopic (exact) mass is 216 g/mol. The molecule has 0 unspecified atom stereocenters. The molecular formula is C10H20N2OS. The van der Waals surface area contributed by atoms with Crippen molar-refractivity contribution in [2.24, 2.45) is 5.92 Å². The molecule has 0 saturated carbocycles. The first-order valence-electron chi connectivity index (χ1n) is 5.15. The van der Waals surface area contributed by atoms with Crippen LogP contribution >= 0.6 is 11.8 Å². The number of nitrogens with one attached hydrogen (secondary N) is 1. The Morgan fingerprint density at radius 3 is 2.64 bits per heavy atom. The van der Waals surface area contributed by atoms with E-state index in [1.165, 1.54) is 0 Å². The lowest BCUT2D eigenvalue weighted by molar-refractivity contribution is -0.128. The Labute approximate surface area is 90.6 Å². The van der Waals surface area contributed by atoms with Gasteiger partial charge in [-0.1, -0.05) is 0 Å². The zero-order valence-electron chi connectivity index (χ0n) is 9.25. The summed E-state index contributed by atoms with van der Waals surface area (Å²) >= 11 is 1.76. The van der Waals surface area contributed by atoms with Crippen LogP contribution in [0.1, 0.15) is 13.8 Å². The maximum atomic E-state index is 11.6. The molecule has 82 valence electrons. The average molecular weight is 216 g/mol. The molecule has 0 aromatic heterocycles. The van der Waals surface area contributed by atoms with Crippen molar-refractivity contribution in [3.8, 4) is 0 Å². The second kappa shape index (κ2) is 5.61. The quantitative estimate of drug-likeness (QED) is 0.738. The lowest BCUT2D eigenvalue weighted by Crippen LogP contribution is -2.43. The predicted molar refractivity (Wildman–Crippen MR) is 61.6 cm³/mol. The van der Waals surface area contributed by atoms with Gasteiger partial charge in [-0.2, -0.15) is 11.8 Å². The first-order chi connectivity index (χ1) is 6.61. The zero-order valence-corrected chi connectivity index (χ0v) is 10.1. The topological polar surface area (TPSA) is 32.3 Å². The van der Waals surface area contributed by atoms with E-state index in [-0.39, 0.29) is 5.91 Å². The third-order valence-corrected chi connectivity index (χ3v) is 3.77. The molecule has 1 N–H and O–H groups in total. The van der Waals surface area contributed by atoms with E-state index in [0.717, 1.165) is 24.8 Å². The van der Waals surface area contributed by atoms with Gasteiger partial charge in [0.1, 0.15) is 0 Å². The number of rotatable bonds is 5. The van der Waals surface area contributed by atoms with E-state index < -0.39 is 0 Å². The minimum atomic E-state index is 0.247. The molecule has 1 rings (SSSR count). The van der Waals surface area contributed by atoms with Crippen LogP contribution < -0.4 is 5.32 Å². The van der Waals surface area contributed by atoms with Crippen LogP contribution in [0.2, 0.25) is 0 Å². The van der Waals surface area contributed by atoms with Crippen LogP contribution in [0, 0.1) is 5.92 Å². The molecular weight excluding hydrogens is 196 g/mol. The van der Waals surface area contributed by atoms with Gasteiger partial charge >= 0.3 is 0 Å². The number of thioether (sulfide) groups is 1. The molecule has 1 aliphatic rings. The van der Waals surface area contributed by atoms with Crippen molar-refractivity contribution in [2.45, 2.75) is 19.9 Å². The summed E-state index contributed by atoms with van der Waals surface area (Å²) in [7, 11) is 1.87. The molecule has 14 heavy (non-hydrogen) atoms. The minimum absolute atomic E-state index is 0.247. The van der Waals surface area contributed by atoms with Gasteiger partial charge in [0.15, 0.2) is 0 Å². The number of carbonyl (C=O) groups excluding carboxylic acids is 1. The SMILES string of the molecule is CC(C)N(C)C(=O)CSCC1CNC1. The van der Waals surface area contributed by atoms with Crippen LogP contribution in [-0.4, -0.2) is 48.5 Å². The maximum Gasteiger partial charge on any atom is 0.232 e. The molecule has 0 aliphatic carbocycles. The summed E-state index contributed by atoms with van der Waals surface area (Å²) in [6.45, 7) is 6.33. The number of carbonyl (C=O) groups is 1. The molecule has 1 aliphatic heterocycles. The summed E-state index contributed by atoms with van der Waals surface area (Å²) in [4.78, 5) is 13.4. The lowest BCUT2D eigenvalue weighted by Gasteiger charge is -2.27. The molecule has 0 bridgehead atoms. The first kappa shape index (κ1) is 11.9. The number of hydrogen-bond acceptors (Lipinski definition) is 3. The molecule has 0 atom stereocenters. The Morgan fingerprint density at radius 2 is 2.21 bits per heavy atom. The van der Waals surface area contributed by atoms with Gasteiger partial charge in [0.05, 0.1) is 5.75 Å². The Balaban J connectivity index is 2.07. The van der Waals surface area contributed by atoms with Crippen LogP contribution in [-0.2, 0) is 4.79 Å². The highest BCUT2D eigenvalue weighted by Crippen LogP contribution is 2.13. The first-order valence-corrected chi connectivity index (χ1v) is 6.31. The van der Waals surface area contributed by atoms with Crippen molar-refractivity contribution >= 4 is 17.7 Å². The number of amides is 1. The van der Waals surface area contributed by atoms with E-state index in [4.69, 9.17) is 0 Å². The summed E-state index contributed by atoms with van der Waals surface area (Å²) in [5.74, 6) is 2.78. The molecule has 0 spiro atoms. The van der Waals surface area contributed by atoms with Gasteiger partial charge in [-0.15, -0.1) is 0 Å². The van der Waals surface area contributed by atoms with Gasteiger partial charge in [0.25, 0.3) is 0 Å².